The summed E-state index contributed by atoms with van der Waals surface area (Å²) in [6.07, 6.45) is 3.92. The first-order valence-corrected chi connectivity index (χ1v) is 21.0. The van der Waals surface area contributed by atoms with Crippen molar-refractivity contribution in [2.45, 2.75) is 53.4 Å². The normalized spacial score (nSPS) is 11.6. The molecule has 6 nitrogen and oxygen atoms in total. The fraction of sp³-hybridized carbons (Fsp3) is 0.148. The highest BCUT2D eigenvalue weighted by atomic mass is 16.4. The monoisotopic (exact) mass is 780 g/mol. The number of rotatable bonds is 10. The van der Waals surface area contributed by atoms with Crippen LogP contribution in [-0.4, -0.2) is 19.9 Å². The number of para-hydroxylation sites is 2. The molecule has 0 aliphatic rings. The van der Waals surface area contributed by atoms with Crippen LogP contribution >= 0.6 is 0 Å². The molecule has 6 heteroatoms. The molecule has 10 aromatic rings. The second-order valence-electron chi connectivity index (χ2n) is 15.3. The number of hydrogen-bond acceptors (Lipinski definition) is 6. The Hall–Kier alpha value is -7.18. The number of oxazole rings is 2. The van der Waals surface area contributed by atoms with E-state index in [2.05, 4.69) is 149 Å². The number of benzene rings is 7. The summed E-state index contributed by atoms with van der Waals surface area (Å²) in [5, 5.41) is 0. The Bertz CT molecular complexity index is 2860. The molecule has 292 valence electrons. The van der Waals surface area contributed by atoms with Gasteiger partial charge in [-0.25, -0.2) is 19.9 Å². The molecule has 7 aromatic carbocycles. The summed E-state index contributed by atoms with van der Waals surface area (Å²) in [4.78, 5) is 20.0. The summed E-state index contributed by atoms with van der Waals surface area (Å²) in [5.74, 6) is 1.28. The van der Waals surface area contributed by atoms with E-state index >= 15 is 0 Å². The number of fused-ring (bicyclic) bond motifs is 3. The van der Waals surface area contributed by atoms with Crippen molar-refractivity contribution in [1.82, 2.24) is 19.9 Å². The van der Waals surface area contributed by atoms with E-state index in [1.807, 2.05) is 24.3 Å². The molecule has 0 N–H and O–H groups in total. The fourth-order valence-corrected chi connectivity index (χ4v) is 8.34. The van der Waals surface area contributed by atoms with Gasteiger partial charge in [0.2, 0.25) is 11.8 Å². The Morgan fingerprint density at radius 3 is 0.950 bits per heavy atom. The maximum atomic E-state index is 6.22. The molecule has 0 spiro atoms. The lowest BCUT2D eigenvalue weighted by atomic mass is 9.97. The van der Waals surface area contributed by atoms with E-state index < -0.39 is 0 Å². The van der Waals surface area contributed by atoms with Crippen molar-refractivity contribution < 1.29 is 8.83 Å². The lowest BCUT2D eigenvalue weighted by Gasteiger charge is -2.12. The number of hydrogen-bond donors (Lipinski definition) is 0. The number of nitrogens with zero attached hydrogens (tertiary/aromatic N) is 4. The van der Waals surface area contributed by atoms with Crippen molar-refractivity contribution in [1.29, 1.82) is 0 Å². The van der Waals surface area contributed by atoms with Gasteiger partial charge in [0.25, 0.3) is 0 Å². The van der Waals surface area contributed by atoms with Crippen LogP contribution in [0.25, 0.3) is 101 Å². The second-order valence-corrected chi connectivity index (χ2v) is 15.3. The van der Waals surface area contributed by atoms with Crippen LogP contribution in [0, 0.1) is 0 Å². The van der Waals surface area contributed by atoms with Crippen molar-refractivity contribution in [3.8, 4) is 67.7 Å². The molecule has 0 aliphatic carbocycles. The second kappa shape index (κ2) is 15.5. The molecule has 0 amide bonds. The molecule has 0 atom stereocenters. The van der Waals surface area contributed by atoms with Gasteiger partial charge in [-0.3, -0.25) is 0 Å². The maximum Gasteiger partial charge on any atom is 0.227 e. The highest BCUT2D eigenvalue weighted by Crippen LogP contribution is 2.36. The van der Waals surface area contributed by atoms with E-state index in [4.69, 9.17) is 28.8 Å². The maximum absolute atomic E-state index is 6.22. The number of aryl methyl sites for hydroxylation is 4. The van der Waals surface area contributed by atoms with Gasteiger partial charge in [0.15, 0.2) is 11.2 Å². The van der Waals surface area contributed by atoms with Crippen molar-refractivity contribution in [2.24, 2.45) is 0 Å². The summed E-state index contributed by atoms with van der Waals surface area (Å²) in [5.41, 5.74) is 20.6. The Morgan fingerprint density at radius 2 is 0.617 bits per heavy atom. The zero-order valence-corrected chi connectivity index (χ0v) is 34.3. The zero-order valence-electron chi connectivity index (χ0n) is 34.3. The smallest absolute Gasteiger partial charge is 0.227 e. The standard InChI is InChI=1S/C54H44N4O2/c1-5-33-29-47-49(31-35(33)7-3)59-53(57-47)43-25-17-39(18-26-43)37-13-21-41(22-14-37)51-52(56-46-12-10-9-11-45(46)55-51)42-23-15-38(16-24-42)40-19-27-44(28-20-40)54-58-48-30-34(6-2)36(8-4)32-50(48)60-54/h9-32H,5-8H2,1-4H3. The van der Waals surface area contributed by atoms with E-state index in [1.165, 1.54) is 22.3 Å². The van der Waals surface area contributed by atoms with Gasteiger partial charge >= 0.3 is 0 Å². The minimum atomic E-state index is 0.641. The first-order valence-electron chi connectivity index (χ1n) is 21.0. The van der Waals surface area contributed by atoms with Crippen LogP contribution in [0.1, 0.15) is 49.9 Å². The van der Waals surface area contributed by atoms with Crippen LogP contribution in [0.5, 0.6) is 0 Å². The van der Waals surface area contributed by atoms with E-state index in [0.29, 0.717) is 11.8 Å². The molecule has 0 fully saturated rings. The fourth-order valence-electron chi connectivity index (χ4n) is 8.34. The van der Waals surface area contributed by atoms with Gasteiger partial charge in [0.1, 0.15) is 11.0 Å². The first-order chi connectivity index (χ1) is 29.5. The minimum Gasteiger partial charge on any atom is -0.436 e. The third-order valence-electron chi connectivity index (χ3n) is 11.8. The minimum absolute atomic E-state index is 0.641. The van der Waals surface area contributed by atoms with Crippen molar-refractivity contribution >= 4 is 33.2 Å². The predicted molar refractivity (Wildman–Crippen MR) is 245 cm³/mol. The van der Waals surface area contributed by atoms with Crippen LogP contribution < -0.4 is 0 Å². The SMILES string of the molecule is CCc1cc2nc(-c3ccc(-c4ccc(-c5nc6ccccc6nc5-c5ccc(-c6ccc(-c7nc8cc(CC)c(CC)cc8o7)cc6)cc5)cc4)cc3)oc2cc1CC. The summed E-state index contributed by atoms with van der Waals surface area (Å²) < 4.78 is 12.4. The van der Waals surface area contributed by atoms with Crippen molar-refractivity contribution in [3.63, 3.8) is 0 Å². The van der Waals surface area contributed by atoms with Gasteiger partial charge in [-0.1, -0.05) is 113 Å². The third kappa shape index (κ3) is 6.84. The molecule has 0 saturated heterocycles. The molecule has 0 bridgehead atoms. The Kier molecular flexibility index (Phi) is 9.61. The molecular formula is C54H44N4O2. The van der Waals surface area contributed by atoms with Gasteiger partial charge in [-0.2, -0.15) is 0 Å². The van der Waals surface area contributed by atoms with Crippen LogP contribution in [0.15, 0.2) is 154 Å². The third-order valence-corrected chi connectivity index (χ3v) is 11.8. The molecule has 3 aromatic heterocycles. The van der Waals surface area contributed by atoms with Crippen LogP contribution in [0.3, 0.4) is 0 Å². The van der Waals surface area contributed by atoms with Crippen LogP contribution in [-0.2, 0) is 25.7 Å². The van der Waals surface area contributed by atoms with Crippen molar-refractivity contribution in [3.05, 3.63) is 168 Å². The summed E-state index contributed by atoms with van der Waals surface area (Å²) in [7, 11) is 0. The first kappa shape index (κ1) is 37.1. The van der Waals surface area contributed by atoms with Crippen molar-refractivity contribution in [2.75, 3.05) is 0 Å². The summed E-state index contributed by atoms with van der Waals surface area (Å²) in [6, 6.07) is 50.7. The van der Waals surface area contributed by atoms with E-state index in [1.54, 1.807) is 0 Å². The topological polar surface area (TPSA) is 77.8 Å². The van der Waals surface area contributed by atoms with E-state index in [9.17, 15) is 0 Å². The lowest BCUT2D eigenvalue weighted by molar-refractivity contribution is 0.619. The van der Waals surface area contributed by atoms with Gasteiger partial charge in [-0.15, -0.1) is 0 Å². The molecule has 10 rings (SSSR count). The van der Waals surface area contributed by atoms with Gasteiger partial charge in [-0.05, 0) is 131 Å². The molecule has 3 heterocycles. The largest absolute Gasteiger partial charge is 0.436 e. The number of aromatic nitrogens is 4. The van der Waals surface area contributed by atoms with Gasteiger partial charge in [0, 0.05) is 22.3 Å². The molecule has 0 radical (unpaired) electrons. The Labute approximate surface area is 349 Å². The molecule has 0 aliphatic heterocycles. The van der Waals surface area contributed by atoms with Crippen LogP contribution in [0.2, 0.25) is 0 Å². The molecule has 60 heavy (non-hydrogen) atoms. The van der Waals surface area contributed by atoms with Gasteiger partial charge < -0.3 is 8.83 Å². The van der Waals surface area contributed by atoms with E-state index in [-0.39, 0.29) is 0 Å². The quantitative estimate of drug-likeness (QED) is 0.138. The Balaban J connectivity index is 0.909. The average Bonchev–Trinajstić information content (AvgIpc) is 3.94. The zero-order chi connectivity index (χ0) is 40.7. The molecular weight excluding hydrogens is 737 g/mol. The predicted octanol–water partition coefficient (Wildman–Crippen LogP) is 14.2. The van der Waals surface area contributed by atoms with E-state index in [0.717, 1.165) is 115 Å². The van der Waals surface area contributed by atoms with Gasteiger partial charge in [0.05, 0.1) is 22.4 Å². The lowest BCUT2D eigenvalue weighted by Crippen LogP contribution is -1.95. The highest BCUT2D eigenvalue weighted by molar-refractivity contribution is 5.88. The summed E-state index contributed by atoms with van der Waals surface area (Å²) in [6.45, 7) is 8.74. The average molecular weight is 781 g/mol. The molecule has 0 unspecified atom stereocenters. The van der Waals surface area contributed by atoms with Crippen LogP contribution in [0.4, 0.5) is 0 Å². The summed E-state index contributed by atoms with van der Waals surface area (Å²) >= 11 is 0. The highest BCUT2D eigenvalue weighted by Gasteiger charge is 2.16. The molecule has 0 saturated carbocycles. The Morgan fingerprint density at radius 1 is 0.317 bits per heavy atom.